The number of hydrogen-bond acceptors (Lipinski definition) is 4. The molecule has 1 aliphatic heterocycles. The highest BCUT2D eigenvalue weighted by molar-refractivity contribution is 5.69. The van der Waals surface area contributed by atoms with Crippen molar-refractivity contribution < 1.29 is 14.3 Å². The Morgan fingerprint density at radius 1 is 1.33 bits per heavy atom. The van der Waals surface area contributed by atoms with Crippen LogP contribution in [0.3, 0.4) is 0 Å². The number of hydrogen-bond donors (Lipinski definition) is 0. The van der Waals surface area contributed by atoms with Crippen molar-refractivity contribution in [2.45, 2.75) is 58.6 Å². The lowest BCUT2D eigenvalue weighted by Gasteiger charge is -2.36. The highest BCUT2D eigenvalue weighted by Gasteiger charge is 2.22. The van der Waals surface area contributed by atoms with Gasteiger partial charge < -0.3 is 9.47 Å². The third kappa shape index (κ3) is 5.83. The van der Waals surface area contributed by atoms with Gasteiger partial charge in [0.1, 0.15) is 0 Å². The summed E-state index contributed by atoms with van der Waals surface area (Å²) in [5, 5.41) is 0. The second kappa shape index (κ2) is 8.48. The zero-order valence-corrected chi connectivity index (χ0v) is 12.0. The van der Waals surface area contributed by atoms with E-state index in [9.17, 15) is 4.79 Å². The van der Waals surface area contributed by atoms with Crippen LogP contribution in [0.5, 0.6) is 0 Å². The molecule has 0 N–H and O–H groups in total. The van der Waals surface area contributed by atoms with Gasteiger partial charge in [0, 0.05) is 19.0 Å². The Morgan fingerprint density at radius 2 is 2.11 bits per heavy atom. The number of ether oxygens (including phenoxy) is 2. The van der Waals surface area contributed by atoms with Gasteiger partial charge in [0.2, 0.25) is 0 Å². The molecule has 0 bridgehead atoms. The molecule has 0 amide bonds. The number of carbonyl (C=O) groups excluding carboxylic acids is 1. The fraction of sp³-hybridized carbons (Fsp3) is 0.929. The van der Waals surface area contributed by atoms with Gasteiger partial charge in [-0.15, -0.1) is 0 Å². The van der Waals surface area contributed by atoms with Gasteiger partial charge in [-0.2, -0.15) is 0 Å². The Balaban J connectivity index is 2.04. The number of nitrogens with zero attached hydrogens (tertiary/aromatic N) is 1. The van der Waals surface area contributed by atoms with E-state index in [-0.39, 0.29) is 5.97 Å². The lowest BCUT2D eigenvalue weighted by Crippen LogP contribution is -2.47. The van der Waals surface area contributed by atoms with Crippen LogP contribution in [0.1, 0.15) is 46.5 Å². The normalized spacial score (nSPS) is 25.1. The summed E-state index contributed by atoms with van der Waals surface area (Å²) in [6.45, 7) is 9.64. The molecule has 106 valence electrons. The molecular formula is C14H27NO3. The van der Waals surface area contributed by atoms with Crippen LogP contribution in [-0.4, -0.2) is 49.3 Å². The molecule has 0 aliphatic carbocycles. The van der Waals surface area contributed by atoms with Crippen LogP contribution in [0.4, 0.5) is 0 Å². The molecule has 1 aliphatic rings. The molecule has 1 fully saturated rings. The standard InChI is InChI=1S/C14H27NO3/c1-4-17-14(16)8-6-5-7-9-15-10-13(3)18-11-12(15)2/h12-13H,4-11H2,1-3H3/t12-,13+/m1/s1. The Hall–Kier alpha value is -0.610. The van der Waals surface area contributed by atoms with Crippen LogP contribution < -0.4 is 0 Å². The summed E-state index contributed by atoms with van der Waals surface area (Å²) in [6.07, 6.45) is 4.09. The van der Waals surface area contributed by atoms with Crippen LogP contribution in [0.2, 0.25) is 0 Å². The first-order chi connectivity index (χ1) is 8.63. The third-order valence-electron chi connectivity index (χ3n) is 3.37. The number of rotatable bonds is 7. The zero-order chi connectivity index (χ0) is 13.4. The van der Waals surface area contributed by atoms with E-state index in [1.165, 1.54) is 0 Å². The predicted octanol–water partition coefficient (Wildman–Crippen LogP) is 2.22. The van der Waals surface area contributed by atoms with Crippen LogP contribution >= 0.6 is 0 Å². The van der Waals surface area contributed by atoms with Crippen LogP contribution in [0, 0.1) is 0 Å². The molecule has 4 heteroatoms. The molecule has 2 atom stereocenters. The lowest BCUT2D eigenvalue weighted by atomic mass is 10.1. The van der Waals surface area contributed by atoms with Gasteiger partial charge in [-0.05, 0) is 40.2 Å². The van der Waals surface area contributed by atoms with Crippen LogP contribution in [0.15, 0.2) is 0 Å². The molecule has 18 heavy (non-hydrogen) atoms. The van der Waals surface area contributed by atoms with Crippen molar-refractivity contribution in [1.82, 2.24) is 4.90 Å². The Morgan fingerprint density at radius 3 is 2.83 bits per heavy atom. The number of morpholine rings is 1. The van der Waals surface area contributed by atoms with Gasteiger partial charge in [0.15, 0.2) is 0 Å². The molecule has 4 nitrogen and oxygen atoms in total. The molecule has 0 aromatic heterocycles. The maximum atomic E-state index is 11.2. The lowest BCUT2D eigenvalue weighted by molar-refractivity contribution is -0.143. The minimum atomic E-state index is -0.0640. The van der Waals surface area contributed by atoms with Gasteiger partial charge in [0.05, 0.1) is 19.3 Å². The summed E-state index contributed by atoms with van der Waals surface area (Å²) < 4.78 is 10.5. The van der Waals surface area contributed by atoms with E-state index in [4.69, 9.17) is 9.47 Å². The van der Waals surface area contributed by atoms with Gasteiger partial charge in [-0.3, -0.25) is 9.69 Å². The average molecular weight is 257 g/mol. The van der Waals surface area contributed by atoms with Crippen molar-refractivity contribution in [2.75, 3.05) is 26.3 Å². The molecule has 0 aromatic rings. The van der Waals surface area contributed by atoms with Gasteiger partial charge in [-0.25, -0.2) is 0 Å². The average Bonchev–Trinajstić information content (AvgIpc) is 2.33. The van der Waals surface area contributed by atoms with Crippen molar-refractivity contribution in [2.24, 2.45) is 0 Å². The topological polar surface area (TPSA) is 38.8 Å². The van der Waals surface area contributed by atoms with E-state index in [0.29, 0.717) is 25.2 Å². The first-order valence-electron chi connectivity index (χ1n) is 7.14. The number of carbonyl (C=O) groups is 1. The Kier molecular flexibility index (Phi) is 7.28. The third-order valence-corrected chi connectivity index (χ3v) is 3.37. The molecule has 0 aromatic carbocycles. The largest absolute Gasteiger partial charge is 0.466 e. The van der Waals surface area contributed by atoms with E-state index in [1.807, 2.05) is 6.92 Å². The molecule has 1 rings (SSSR count). The minimum absolute atomic E-state index is 0.0640. The highest BCUT2D eigenvalue weighted by atomic mass is 16.5. The fourth-order valence-corrected chi connectivity index (χ4v) is 2.28. The van der Waals surface area contributed by atoms with Crippen molar-refractivity contribution in [3.8, 4) is 0 Å². The monoisotopic (exact) mass is 257 g/mol. The van der Waals surface area contributed by atoms with Crippen LogP contribution in [-0.2, 0) is 14.3 Å². The maximum Gasteiger partial charge on any atom is 0.305 e. The molecule has 0 radical (unpaired) electrons. The summed E-state index contributed by atoms with van der Waals surface area (Å²) >= 11 is 0. The quantitative estimate of drug-likeness (QED) is 0.518. The van der Waals surface area contributed by atoms with Gasteiger partial charge in [-0.1, -0.05) is 6.42 Å². The minimum Gasteiger partial charge on any atom is -0.466 e. The van der Waals surface area contributed by atoms with Gasteiger partial charge in [0.25, 0.3) is 0 Å². The number of unbranched alkanes of at least 4 members (excludes halogenated alkanes) is 2. The van der Waals surface area contributed by atoms with Crippen molar-refractivity contribution in [3.63, 3.8) is 0 Å². The summed E-state index contributed by atoms with van der Waals surface area (Å²) in [4.78, 5) is 13.6. The first kappa shape index (κ1) is 15.4. The summed E-state index contributed by atoms with van der Waals surface area (Å²) in [5.74, 6) is -0.0640. The van der Waals surface area contributed by atoms with E-state index >= 15 is 0 Å². The van der Waals surface area contributed by atoms with Crippen molar-refractivity contribution in [1.29, 1.82) is 0 Å². The Labute approximate surface area is 111 Å². The summed E-state index contributed by atoms with van der Waals surface area (Å²) in [5.41, 5.74) is 0. The van der Waals surface area contributed by atoms with E-state index < -0.39 is 0 Å². The molecule has 1 saturated heterocycles. The summed E-state index contributed by atoms with van der Waals surface area (Å²) in [7, 11) is 0. The first-order valence-corrected chi connectivity index (χ1v) is 7.14. The van der Waals surface area contributed by atoms with E-state index in [0.717, 1.165) is 39.0 Å². The van der Waals surface area contributed by atoms with Gasteiger partial charge >= 0.3 is 5.97 Å². The van der Waals surface area contributed by atoms with Crippen molar-refractivity contribution in [3.05, 3.63) is 0 Å². The molecular weight excluding hydrogens is 230 g/mol. The van der Waals surface area contributed by atoms with Crippen LogP contribution in [0.25, 0.3) is 0 Å². The predicted molar refractivity (Wildman–Crippen MR) is 71.6 cm³/mol. The molecule has 0 spiro atoms. The highest BCUT2D eigenvalue weighted by Crippen LogP contribution is 2.13. The Bertz CT molecular complexity index is 245. The van der Waals surface area contributed by atoms with E-state index in [1.54, 1.807) is 0 Å². The maximum absolute atomic E-state index is 11.2. The summed E-state index contributed by atoms with van der Waals surface area (Å²) in [6, 6.07) is 0.520. The molecule has 1 heterocycles. The fourth-order valence-electron chi connectivity index (χ4n) is 2.28. The molecule has 0 unspecified atom stereocenters. The SMILES string of the molecule is CCOC(=O)CCCCCN1C[C@H](C)OC[C@H]1C. The van der Waals surface area contributed by atoms with Crippen molar-refractivity contribution >= 4 is 5.97 Å². The number of esters is 1. The second-order valence-electron chi connectivity index (χ2n) is 5.10. The van der Waals surface area contributed by atoms with E-state index in [2.05, 4.69) is 18.7 Å². The molecule has 0 saturated carbocycles. The smallest absolute Gasteiger partial charge is 0.305 e. The zero-order valence-electron chi connectivity index (χ0n) is 12.0. The second-order valence-corrected chi connectivity index (χ2v) is 5.10.